The molecule has 27 heavy (non-hydrogen) atoms. The minimum absolute atomic E-state index is 0.0994. The molecule has 1 amide bonds. The molecule has 9 heteroatoms. The van der Waals surface area contributed by atoms with Gasteiger partial charge in [-0.25, -0.2) is 4.98 Å². The summed E-state index contributed by atoms with van der Waals surface area (Å²) < 4.78 is 7.55. The smallest absolute Gasteiger partial charge is 0.252 e. The molecule has 1 N–H and O–H groups in total. The number of carbonyl (C=O) groups excluding carboxylic acids is 1. The van der Waals surface area contributed by atoms with Crippen LogP contribution < -0.4 is 15.0 Å². The van der Waals surface area contributed by atoms with E-state index >= 15 is 0 Å². The predicted molar refractivity (Wildman–Crippen MR) is 106 cm³/mol. The van der Waals surface area contributed by atoms with Crippen molar-refractivity contribution in [1.82, 2.24) is 24.8 Å². The van der Waals surface area contributed by atoms with Crippen LogP contribution in [0.15, 0.2) is 28.4 Å². The number of nitrogens with zero attached hydrogens (tertiary/aromatic N) is 5. The fraction of sp³-hybridized carbons (Fsp3) is 0.500. The molecule has 1 saturated heterocycles. The quantitative estimate of drug-likeness (QED) is 0.802. The van der Waals surface area contributed by atoms with Crippen LogP contribution in [0.4, 0.5) is 5.95 Å². The van der Waals surface area contributed by atoms with Crippen LogP contribution in [-0.4, -0.2) is 72.7 Å². The van der Waals surface area contributed by atoms with E-state index < -0.39 is 0 Å². The highest BCUT2D eigenvalue weighted by molar-refractivity contribution is 7.99. The summed E-state index contributed by atoms with van der Waals surface area (Å²) in [6.07, 6.45) is 3.66. The highest BCUT2D eigenvalue weighted by Crippen LogP contribution is 2.35. The average Bonchev–Trinajstić information content (AvgIpc) is 3.11. The monoisotopic (exact) mass is 390 g/mol. The maximum Gasteiger partial charge on any atom is 0.252 e. The first kappa shape index (κ1) is 19.5. The van der Waals surface area contributed by atoms with Gasteiger partial charge in [-0.3, -0.25) is 4.79 Å². The van der Waals surface area contributed by atoms with Gasteiger partial charge in [0.05, 0.1) is 28.8 Å². The Balaban J connectivity index is 1.83. The van der Waals surface area contributed by atoms with Gasteiger partial charge in [0.15, 0.2) is 0 Å². The number of anilines is 1. The molecule has 3 heterocycles. The summed E-state index contributed by atoms with van der Waals surface area (Å²) in [5.74, 6) is 1.15. The predicted octanol–water partition coefficient (Wildman–Crippen LogP) is 1.57. The molecule has 0 aromatic carbocycles. The highest BCUT2D eigenvalue weighted by atomic mass is 32.2. The van der Waals surface area contributed by atoms with Gasteiger partial charge in [0.25, 0.3) is 5.91 Å². The standard InChI is InChI=1S/C18H26N6O2S/c1-5-23-12-13(16(25)19-2)10-15(23)27-14-11-20-18(21-17(14)26-4)24-8-6-22(3)7-9-24/h10-12H,5-9H2,1-4H3,(H,19,25). The van der Waals surface area contributed by atoms with Crippen molar-refractivity contribution in [3.05, 3.63) is 24.0 Å². The van der Waals surface area contributed by atoms with Crippen LogP contribution in [0.2, 0.25) is 0 Å². The largest absolute Gasteiger partial charge is 0.480 e. The SMILES string of the molecule is CCn1cc(C(=O)NC)cc1Sc1cnc(N2CCN(C)CC2)nc1OC. The van der Waals surface area contributed by atoms with Crippen LogP contribution in [-0.2, 0) is 6.54 Å². The minimum Gasteiger partial charge on any atom is -0.480 e. The van der Waals surface area contributed by atoms with Crippen molar-refractivity contribution >= 4 is 23.6 Å². The first-order valence-corrected chi connectivity index (χ1v) is 9.82. The van der Waals surface area contributed by atoms with Crippen molar-refractivity contribution in [3.63, 3.8) is 0 Å². The van der Waals surface area contributed by atoms with E-state index in [1.165, 1.54) is 11.8 Å². The van der Waals surface area contributed by atoms with E-state index in [0.717, 1.165) is 42.6 Å². The topological polar surface area (TPSA) is 75.5 Å². The molecular weight excluding hydrogens is 364 g/mol. The van der Waals surface area contributed by atoms with Crippen molar-refractivity contribution in [1.29, 1.82) is 0 Å². The van der Waals surface area contributed by atoms with Crippen molar-refractivity contribution < 1.29 is 9.53 Å². The van der Waals surface area contributed by atoms with Crippen molar-refractivity contribution in [2.45, 2.75) is 23.4 Å². The molecule has 1 aliphatic rings. The Bertz CT molecular complexity index is 801. The Hall–Kier alpha value is -2.26. The number of likely N-dealkylation sites (N-methyl/N-ethyl adjacent to an activating group) is 1. The number of aromatic nitrogens is 3. The summed E-state index contributed by atoms with van der Waals surface area (Å²) in [5, 5.41) is 3.61. The number of piperazine rings is 1. The van der Waals surface area contributed by atoms with Gasteiger partial charge in [-0.05, 0) is 20.0 Å². The maximum atomic E-state index is 11.9. The summed E-state index contributed by atoms with van der Waals surface area (Å²) in [5.41, 5.74) is 0.635. The van der Waals surface area contributed by atoms with E-state index in [9.17, 15) is 4.79 Å². The van der Waals surface area contributed by atoms with Crippen molar-refractivity contribution in [3.8, 4) is 5.88 Å². The summed E-state index contributed by atoms with van der Waals surface area (Å²) in [7, 11) is 5.37. The molecule has 0 bridgehead atoms. The third-order valence-corrected chi connectivity index (χ3v) is 5.65. The van der Waals surface area contributed by atoms with Gasteiger partial charge >= 0.3 is 0 Å². The van der Waals surface area contributed by atoms with Crippen LogP contribution in [0, 0.1) is 0 Å². The molecule has 0 aliphatic carbocycles. The highest BCUT2D eigenvalue weighted by Gasteiger charge is 2.20. The molecule has 0 atom stereocenters. The van der Waals surface area contributed by atoms with Gasteiger partial charge < -0.3 is 24.4 Å². The van der Waals surface area contributed by atoms with Gasteiger partial charge in [0.1, 0.15) is 0 Å². The molecule has 3 rings (SSSR count). The van der Waals surface area contributed by atoms with E-state index in [1.54, 1.807) is 20.4 Å². The van der Waals surface area contributed by atoms with Crippen molar-refractivity contribution in [2.24, 2.45) is 0 Å². The summed E-state index contributed by atoms with van der Waals surface area (Å²) in [6, 6.07) is 1.88. The number of nitrogens with one attached hydrogen (secondary N) is 1. The Morgan fingerprint density at radius 3 is 2.70 bits per heavy atom. The number of hydrogen-bond donors (Lipinski definition) is 1. The van der Waals surface area contributed by atoms with Crippen LogP contribution >= 0.6 is 11.8 Å². The molecule has 0 saturated carbocycles. The van der Waals surface area contributed by atoms with Crippen LogP contribution in [0.1, 0.15) is 17.3 Å². The van der Waals surface area contributed by atoms with Crippen LogP contribution in [0.5, 0.6) is 5.88 Å². The zero-order valence-electron chi connectivity index (χ0n) is 16.2. The number of aryl methyl sites for hydroxylation is 1. The number of rotatable bonds is 6. The fourth-order valence-electron chi connectivity index (χ4n) is 2.92. The molecular formula is C18H26N6O2S. The first-order valence-electron chi connectivity index (χ1n) is 9.00. The second-order valence-electron chi connectivity index (χ2n) is 6.37. The van der Waals surface area contributed by atoms with Gasteiger partial charge in [0, 0.05) is 46.0 Å². The Morgan fingerprint density at radius 1 is 1.33 bits per heavy atom. The molecule has 146 valence electrons. The molecule has 8 nitrogen and oxygen atoms in total. The third kappa shape index (κ3) is 4.36. The number of carbonyl (C=O) groups is 1. The van der Waals surface area contributed by atoms with Gasteiger partial charge in [-0.1, -0.05) is 11.8 Å². The summed E-state index contributed by atoms with van der Waals surface area (Å²) in [6.45, 7) is 6.60. The van der Waals surface area contributed by atoms with Gasteiger partial charge in [-0.15, -0.1) is 0 Å². The molecule has 0 radical (unpaired) electrons. The lowest BCUT2D eigenvalue weighted by atomic mass is 10.3. The van der Waals surface area contributed by atoms with E-state index in [2.05, 4.69) is 32.1 Å². The maximum absolute atomic E-state index is 11.9. The first-order chi connectivity index (χ1) is 13.0. The second-order valence-corrected chi connectivity index (χ2v) is 7.43. The Kier molecular flexibility index (Phi) is 6.22. The van der Waals surface area contributed by atoms with Crippen molar-refractivity contribution in [2.75, 3.05) is 52.3 Å². The summed E-state index contributed by atoms with van der Waals surface area (Å²) >= 11 is 1.50. The Morgan fingerprint density at radius 2 is 2.07 bits per heavy atom. The van der Waals surface area contributed by atoms with E-state index in [0.29, 0.717) is 17.4 Å². The van der Waals surface area contributed by atoms with Gasteiger partial charge in [0.2, 0.25) is 11.8 Å². The van der Waals surface area contributed by atoms with Crippen LogP contribution in [0.25, 0.3) is 0 Å². The zero-order valence-corrected chi connectivity index (χ0v) is 17.0. The van der Waals surface area contributed by atoms with E-state index in [-0.39, 0.29) is 5.91 Å². The molecule has 2 aromatic rings. The normalized spacial score (nSPS) is 15.0. The second kappa shape index (κ2) is 8.62. The number of hydrogen-bond acceptors (Lipinski definition) is 7. The molecule has 0 unspecified atom stereocenters. The molecule has 1 fully saturated rings. The third-order valence-electron chi connectivity index (χ3n) is 4.59. The number of amides is 1. The number of methoxy groups -OCH3 is 1. The summed E-state index contributed by atoms with van der Waals surface area (Å²) in [4.78, 5) is 26.4. The van der Waals surface area contributed by atoms with E-state index in [4.69, 9.17) is 4.74 Å². The molecule has 2 aromatic heterocycles. The minimum atomic E-state index is -0.0994. The number of ether oxygens (including phenoxy) is 1. The lowest BCUT2D eigenvalue weighted by Crippen LogP contribution is -2.45. The average molecular weight is 391 g/mol. The fourth-order valence-corrected chi connectivity index (χ4v) is 3.95. The molecule has 1 aliphatic heterocycles. The lowest BCUT2D eigenvalue weighted by molar-refractivity contribution is 0.0963. The van der Waals surface area contributed by atoms with E-state index in [1.807, 2.05) is 23.8 Å². The van der Waals surface area contributed by atoms with Gasteiger partial charge in [-0.2, -0.15) is 4.98 Å². The Labute approximate surface area is 163 Å². The van der Waals surface area contributed by atoms with Crippen LogP contribution in [0.3, 0.4) is 0 Å². The lowest BCUT2D eigenvalue weighted by Gasteiger charge is -2.32. The zero-order chi connectivity index (χ0) is 19.4. The molecule has 0 spiro atoms.